The summed E-state index contributed by atoms with van der Waals surface area (Å²) in [7, 11) is 0.962. The smallest absolute Gasteiger partial charge is 0.420 e. The lowest BCUT2D eigenvalue weighted by Gasteiger charge is -2.12. The molecule has 1 aromatic carbocycles. The molecule has 6 heteroatoms. The number of halogens is 4. The second-order valence-corrected chi connectivity index (χ2v) is 2.58. The first-order valence-corrected chi connectivity index (χ1v) is 3.56. The van der Waals surface area contributed by atoms with Crippen LogP contribution in [0.3, 0.4) is 0 Å². The van der Waals surface area contributed by atoms with Crippen molar-refractivity contribution in [1.29, 1.82) is 0 Å². The molecule has 2 nitrogen and oxygen atoms in total. The molecule has 78 valence electrons. The quantitative estimate of drug-likeness (QED) is 0.569. The van der Waals surface area contributed by atoms with Crippen LogP contribution in [0.4, 0.5) is 23.2 Å². The minimum atomic E-state index is -4.68. The Balaban J connectivity index is 3.40. The Labute approximate surface area is 77.3 Å². The second kappa shape index (κ2) is 3.36. The SMILES string of the molecule is COc1c(F)cc(N)cc1C(F)(F)F. The van der Waals surface area contributed by atoms with Crippen LogP contribution in [-0.4, -0.2) is 7.11 Å². The zero-order chi connectivity index (χ0) is 10.9. The zero-order valence-corrected chi connectivity index (χ0v) is 7.15. The topological polar surface area (TPSA) is 35.2 Å². The van der Waals surface area contributed by atoms with Crippen molar-refractivity contribution in [3.63, 3.8) is 0 Å². The summed E-state index contributed by atoms with van der Waals surface area (Å²) in [5.74, 6) is -1.97. The molecule has 0 aliphatic heterocycles. The normalized spacial score (nSPS) is 11.5. The Morgan fingerprint density at radius 3 is 2.29 bits per heavy atom. The molecule has 0 aliphatic carbocycles. The maximum absolute atomic E-state index is 12.9. The Hall–Kier alpha value is -1.46. The molecule has 0 heterocycles. The van der Waals surface area contributed by atoms with Crippen LogP contribution in [0, 0.1) is 5.82 Å². The summed E-state index contributed by atoms with van der Waals surface area (Å²) in [5, 5.41) is 0. The molecule has 0 aromatic heterocycles. The van der Waals surface area contributed by atoms with Gasteiger partial charge in [0.1, 0.15) is 5.56 Å². The van der Waals surface area contributed by atoms with E-state index in [4.69, 9.17) is 5.73 Å². The summed E-state index contributed by atoms with van der Waals surface area (Å²) in [5.41, 5.74) is 3.58. The molecular weight excluding hydrogens is 202 g/mol. The molecule has 0 radical (unpaired) electrons. The summed E-state index contributed by atoms with van der Waals surface area (Å²) in [6, 6.07) is 1.40. The first-order chi connectivity index (χ1) is 6.36. The van der Waals surface area contributed by atoms with Crippen molar-refractivity contribution in [1.82, 2.24) is 0 Å². The summed E-state index contributed by atoms with van der Waals surface area (Å²) in [6.45, 7) is 0. The summed E-state index contributed by atoms with van der Waals surface area (Å²) in [6.07, 6.45) is -4.68. The molecule has 0 spiro atoms. The predicted molar refractivity (Wildman–Crippen MR) is 42.4 cm³/mol. The number of rotatable bonds is 1. The fourth-order valence-electron chi connectivity index (χ4n) is 1.03. The number of hydrogen-bond acceptors (Lipinski definition) is 2. The van der Waals surface area contributed by atoms with Crippen LogP contribution < -0.4 is 10.5 Å². The molecule has 0 aliphatic rings. The largest absolute Gasteiger partial charge is 0.493 e. The van der Waals surface area contributed by atoms with Crippen molar-refractivity contribution < 1.29 is 22.3 Å². The highest BCUT2D eigenvalue weighted by molar-refractivity contribution is 5.50. The molecule has 0 saturated carbocycles. The molecule has 0 fully saturated rings. The molecule has 2 N–H and O–H groups in total. The van der Waals surface area contributed by atoms with Gasteiger partial charge in [-0.3, -0.25) is 0 Å². The Morgan fingerprint density at radius 2 is 1.86 bits per heavy atom. The van der Waals surface area contributed by atoms with E-state index in [1.807, 2.05) is 0 Å². The van der Waals surface area contributed by atoms with Crippen LogP contribution in [0.1, 0.15) is 5.56 Å². The van der Waals surface area contributed by atoms with Gasteiger partial charge in [0, 0.05) is 11.8 Å². The van der Waals surface area contributed by atoms with Crippen molar-refractivity contribution in [2.45, 2.75) is 6.18 Å². The zero-order valence-electron chi connectivity index (χ0n) is 7.15. The van der Waals surface area contributed by atoms with Gasteiger partial charge < -0.3 is 10.5 Å². The molecule has 0 unspecified atom stereocenters. The fourth-order valence-corrected chi connectivity index (χ4v) is 1.03. The molecule has 14 heavy (non-hydrogen) atoms. The van der Waals surface area contributed by atoms with Gasteiger partial charge in [-0.05, 0) is 6.07 Å². The van der Waals surface area contributed by atoms with E-state index in [2.05, 4.69) is 4.74 Å². The van der Waals surface area contributed by atoms with E-state index >= 15 is 0 Å². The van der Waals surface area contributed by atoms with Crippen LogP contribution in [0.5, 0.6) is 5.75 Å². The van der Waals surface area contributed by atoms with Gasteiger partial charge in [0.15, 0.2) is 11.6 Å². The number of nitrogen functional groups attached to an aromatic ring is 1. The van der Waals surface area contributed by atoms with Crippen LogP contribution in [0.15, 0.2) is 12.1 Å². The van der Waals surface area contributed by atoms with E-state index in [1.54, 1.807) is 0 Å². The molecule has 0 saturated heterocycles. The molecule has 1 rings (SSSR count). The number of alkyl halides is 3. The van der Waals surface area contributed by atoms with Gasteiger partial charge >= 0.3 is 6.18 Å². The summed E-state index contributed by atoms with van der Waals surface area (Å²) < 4.78 is 54.1. The van der Waals surface area contributed by atoms with Crippen molar-refractivity contribution in [2.24, 2.45) is 0 Å². The van der Waals surface area contributed by atoms with E-state index in [-0.39, 0.29) is 5.69 Å². The maximum atomic E-state index is 12.9. The van der Waals surface area contributed by atoms with Gasteiger partial charge in [-0.25, -0.2) is 4.39 Å². The average Bonchev–Trinajstić information content (AvgIpc) is 2.01. The minimum absolute atomic E-state index is 0.296. The number of methoxy groups -OCH3 is 1. The lowest BCUT2D eigenvalue weighted by atomic mass is 10.1. The Morgan fingerprint density at radius 1 is 1.29 bits per heavy atom. The van der Waals surface area contributed by atoms with Crippen LogP contribution in [0.25, 0.3) is 0 Å². The average molecular weight is 209 g/mol. The van der Waals surface area contributed by atoms with Gasteiger partial charge in [0.25, 0.3) is 0 Å². The molecule has 0 atom stereocenters. The van der Waals surface area contributed by atoms with E-state index < -0.39 is 23.3 Å². The van der Waals surface area contributed by atoms with E-state index in [0.29, 0.717) is 6.07 Å². The predicted octanol–water partition coefficient (Wildman–Crippen LogP) is 2.44. The monoisotopic (exact) mass is 209 g/mol. The fraction of sp³-hybridized carbons (Fsp3) is 0.250. The Bertz CT molecular complexity index is 348. The van der Waals surface area contributed by atoms with Gasteiger partial charge in [-0.2, -0.15) is 13.2 Å². The van der Waals surface area contributed by atoms with E-state index in [1.165, 1.54) is 0 Å². The first kappa shape index (κ1) is 10.6. The van der Waals surface area contributed by atoms with Crippen molar-refractivity contribution in [2.75, 3.05) is 12.8 Å². The number of ether oxygens (including phenoxy) is 1. The molecular formula is C8H7F4NO. The van der Waals surface area contributed by atoms with E-state index in [0.717, 1.165) is 13.2 Å². The van der Waals surface area contributed by atoms with Gasteiger partial charge in [0.2, 0.25) is 0 Å². The molecule has 0 amide bonds. The first-order valence-electron chi connectivity index (χ1n) is 3.56. The Kier molecular flexibility index (Phi) is 2.55. The van der Waals surface area contributed by atoms with E-state index in [9.17, 15) is 17.6 Å². The van der Waals surface area contributed by atoms with Crippen LogP contribution >= 0.6 is 0 Å². The van der Waals surface area contributed by atoms with Gasteiger partial charge in [-0.1, -0.05) is 0 Å². The lowest BCUT2D eigenvalue weighted by Crippen LogP contribution is -2.09. The van der Waals surface area contributed by atoms with Crippen LogP contribution in [0.2, 0.25) is 0 Å². The number of nitrogens with two attached hydrogens (primary N) is 1. The third-order valence-corrected chi connectivity index (χ3v) is 1.58. The third-order valence-electron chi connectivity index (χ3n) is 1.58. The van der Waals surface area contributed by atoms with Crippen LogP contribution in [-0.2, 0) is 6.18 Å². The van der Waals surface area contributed by atoms with Gasteiger partial charge in [-0.15, -0.1) is 0 Å². The molecule has 1 aromatic rings. The number of hydrogen-bond donors (Lipinski definition) is 1. The summed E-state index contributed by atoms with van der Waals surface area (Å²) >= 11 is 0. The van der Waals surface area contributed by atoms with Crippen molar-refractivity contribution in [3.05, 3.63) is 23.5 Å². The minimum Gasteiger partial charge on any atom is -0.493 e. The highest BCUT2D eigenvalue weighted by atomic mass is 19.4. The third kappa shape index (κ3) is 1.89. The number of anilines is 1. The summed E-state index contributed by atoms with van der Waals surface area (Å²) in [4.78, 5) is 0. The maximum Gasteiger partial charge on any atom is 0.420 e. The van der Waals surface area contributed by atoms with Gasteiger partial charge in [0.05, 0.1) is 7.11 Å². The highest BCUT2D eigenvalue weighted by Gasteiger charge is 2.36. The second-order valence-electron chi connectivity index (χ2n) is 2.58. The standard InChI is InChI=1S/C8H7F4NO/c1-14-7-5(8(10,11)12)2-4(13)3-6(7)9/h2-3H,13H2,1H3. The highest BCUT2D eigenvalue weighted by Crippen LogP contribution is 2.38. The molecule has 0 bridgehead atoms. The van der Waals surface area contributed by atoms with Crippen molar-refractivity contribution in [3.8, 4) is 5.75 Å². The number of benzene rings is 1. The van der Waals surface area contributed by atoms with Crippen molar-refractivity contribution >= 4 is 5.69 Å². The lowest BCUT2D eigenvalue weighted by molar-refractivity contribution is -0.139.